The lowest BCUT2D eigenvalue weighted by molar-refractivity contribution is 0.669. The third-order valence-corrected chi connectivity index (χ3v) is 10.8. The average molecular weight is 644 g/mol. The Balaban J connectivity index is 1.28. The molecule has 8 aromatic carbocycles. The highest BCUT2D eigenvalue weighted by atomic mass is 32.1. The number of para-hydroxylation sites is 2. The molecule has 230 valence electrons. The van der Waals surface area contributed by atoms with E-state index < -0.39 is 0 Å². The monoisotopic (exact) mass is 643 g/mol. The lowest BCUT2D eigenvalue weighted by Crippen LogP contribution is -2.11. The van der Waals surface area contributed by atoms with Crippen LogP contribution in [0.3, 0.4) is 0 Å². The molecule has 0 spiro atoms. The molecule has 49 heavy (non-hydrogen) atoms. The third kappa shape index (κ3) is 4.47. The highest BCUT2D eigenvalue weighted by molar-refractivity contribution is 7.25. The van der Waals surface area contributed by atoms with Crippen LogP contribution in [-0.4, -0.2) is 0 Å². The topological polar surface area (TPSA) is 16.4 Å². The number of fused-ring (bicyclic) bond motifs is 7. The number of furan rings is 1. The van der Waals surface area contributed by atoms with Crippen molar-refractivity contribution < 1.29 is 4.42 Å². The number of thiophene rings is 1. The molecule has 0 unspecified atom stereocenters. The normalized spacial score (nSPS) is 11.7. The van der Waals surface area contributed by atoms with Crippen molar-refractivity contribution in [3.05, 3.63) is 176 Å². The summed E-state index contributed by atoms with van der Waals surface area (Å²) < 4.78 is 9.04. The highest BCUT2D eigenvalue weighted by Crippen LogP contribution is 2.49. The first kappa shape index (κ1) is 27.9. The molecule has 10 rings (SSSR count). The van der Waals surface area contributed by atoms with Gasteiger partial charge in [-0.15, -0.1) is 11.3 Å². The van der Waals surface area contributed by atoms with E-state index in [-0.39, 0.29) is 0 Å². The van der Waals surface area contributed by atoms with E-state index in [0.717, 1.165) is 39.0 Å². The van der Waals surface area contributed by atoms with E-state index in [1.54, 1.807) is 0 Å². The van der Waals surface area contributed by atoms with Gasteiger partial charge < -0.3 is 9.32 Å². The van der Waals surface area contributed by atoms with Crippen LogP contribution in [0.1, 0.15) is 0 Å². The second-order valence-corrected chi connectivity index (χ2v) is 13.5. The lowest BCUT2D eigenvalue weighted by atomic mass is 9.95. The van der Waals surface area contributed by atoms with Gasteiger partial charge in [-0.3, -0.25) is 0 Å². The van der Waals surface area contributed by atoms with Crippen molar-refractivity contribution >= 4 is 81.3 Å². The Morgan fingerprint density at radius 3 is 2.00 bits per heavy atom. The van der Waals surface area contributed by atoms with Gasteiger partial charge in [0.05, 0.1) is 16.8 Å². The molecule has 0 aliphatic rings. The average Bonchev–Trinajstić information content (AvgIpc) is 3.74. The molecule has 0 N–H and O–H groups in total. The zero-order valence-electron chi connectivity index (χ0n) is 26.5. The fourth-order valence-corrected chi connectivity index (χ4v) is 8.67. The van der Waals surface area contributed by atoms with Crippen LogP contribution in [0, 0.1) is 0 Å². The first-order valence-electron chi connectivity index (χ1n) is 16.6. The molecule has 0 aliphatic carbocycles. The van der Waals surface area contributed by atoms with Gasteiger partial charge >= 0.3 is 0 Å². The van der Waals surface area contributed by atoms with Crippen LogP contribution in [-0.2, 0) is 0 Å². The number of rotatable bonds is 5. The summed E-state index contributed by atoms with van der Waals surface area (Å²) in [6.07, 6.45) is 0. The Labute approximate surface area is 287 Å². The van der Waals surface area contributed by atoms with E-state index in [2.05, 4.69) is 175 Å². The van der Waals surface area contributed by atoms with Gasteiger partial charge in [0.1, 0.15) is 11.2 Å². The highest BCUT2D eigenvalue weighted by Gasteiger charge is 2.23. The van der Waals surface area contributed by atoms with Crippen LogP contribution in [0.4, 0.5) is 17.1 Å². The smallest absolute Gasteiger partial charge is 0.137 e. The molecular weight excluding hydrogens is 615 g/mol. The van der Waals surface area contributed by atoms with Crippen LogP contribution in [0.5, 0.6) is 0 Å². The van der Waals surface area contributed by atoms with E-state index in [4.69, 9.17) is 4.42 Å². The number of hydrogen-bond acceptors (Lipinski definition) is 3. The molecule has 0 saturated carbocycles. The zero-order valence-corrected chi connectivity index (χ0v) is 27.3. The maximum Gasteiger partial charge on any atom is 0.137 e. The molecule has 2 nitrogen and oxygen atoms in total. The van der Waals surface area contributed by atoms with Crippen LogP contribution in [0.2, 0.25) is 0 Å². The van der Waals surface area contributed by atoms with Crippen molar-refractivity contribution in [2.24, 2.45) is 0 Å². The largest absolute Gasteiger partial charge is 0.456 e. The summed E-state index contributed by atoms with van der Waals surface area (Å²) in [6.45, 7) is 0. The summed E-state index contributed by atoms with van der Waals surface area (Å²) in [5, 5.41) is 7.27. The predicted octanol–water partition coefficient (Wildman–Crippen LogP) is 13.9. The summed E-state index contributed by atoms with van der Waals surface area (Å²) >= 11 is 1.86. The van der Waals surface area contributed by atoms with E-state index in [1.807, 2.05) is 17.4 Å². The van der Waals surface area contributed by atoms with Gasteiger partial charge in [-0.05, 0) is 76.0 Å². The van der Waals surface area contributed by atoms with Gasteiger partial charge in [0, 0.05) is 36.8 Å². The Morgan fingerprint density at radius 1 is 0.408 bits per heavy atom. The quantitative estimate of drug-likeness (QED) is 0.186. The van der Waals surface area contributed by atoms with Crippen LogP contribution in [0.15, 0.2) is 180 Å². The van der Waals surface area contributed by atoms with E-state index in [9.17, 15) is 0 Å². The Hall–Kier alpha value is -6.16. The van der Waals surface area contributed by atoms with Crippen molar-refractivity contribution in [2.75, 3.05) is 4.90 Å². The summed E-state index contributed by atoms with van der Waals surface area (Å²) in [5.41, 5.74) is 9.82. The summed E-state index contributed by atoms with van der Waals surface area (Å²) in [7, 11) is 0. The van der Waals surface area contributed by atoms with Gasteiger partial charge in [0.15, 0.2) is 0 Å². The molecular formula is C46H29NOS. The fraction of sp³-hybridized carbons (Fsp3) is 0. The number of hydrogen-bond donors (Lipinski definition) is 0. The molecule has 2 heterocycles. The summed E-state index contributed by atoms with van der Waals surface area (Å²) in [5.74, 6) is 0. The minimum Gasteiger partial charge on any atom is -0.456 e. The Morgan fingerprint density at radius 2 is 1.04 bits per heavy atom. The molecule has 0 amide bonds. The van der Waals surface area contributed by atoms with Crippen molar-refractivity contribution in [1.29, 1.82) is 0 Å². The molecule has 0 fully saturated rings. The van der Waals surface area contributed by atoms with Crippen molar-refractivity contribution in [2.45, 2.75) is 0 Å². The van der Waals surface area contributed by atoms with Gasteiger partial charge in [-0.1, -0.05) is 127 Å². The van der Waals surface area contributed by atoms with Gasteiger partial charge in [0.2, 0.25) is 0 Å². The standard InChI is InChI=1S/C46H29NOS/c1-2-17-33-30(13-1)14-10-21-34(33)31-15-9-16-32(29-31)47(40-24-12-26-42-46(40)37-19-4-7-25-41(37)48-42)39-23-6-3-18-35(39)36-22-11-28-44-45(36)38-20-5-8-27-43(38)49-44/h1-29H. The molecule has 0 radical (unpaired) electrons. The number of nitrogens with zero attached hydrogens (tertiary/aromatic N) is 1. The molecule has 10 aromatic rings. The fourth-order valence-electron chi connectivity index (χ4n) is 7.54. The number of benzene rings is 8. The second-order valence-electron chi connectivity index (χ2n) is 12.5. The minimum absolute atomic E-state index is 0.873. The van der Waals surface area contributed by atoms with Gasteiger partial charge in [-0.25, -0.2) is 0 Å². The maximum absolute atomic E-state index is 6.44. The third-order valence-electron chi connectivity index (χ3n) is 9.66. The molecule has 0 atom stereocenters. The molecule has 2 aromatic heterocycles. The predicted molar refractivity (Wildman–Crippen MR) is 210 cm³/mol. The van der Waals surface area contributed by atoms with Gasteiger partial charge in [0.25, 0.3) is 0 Å². The van der Waals surface area contributed by atoms with Crippen molar-refractivity contribution in [1.82, 2.24) is 0 Å². The number of anilines is 3. The van der Waals surface area contributed by atoms with Gasteiger partial charge in [-0.2, -0.15) is 0 Å². The Bertz CT molecular complexity index is 2850. The summed E-state index contributed by atoms with van der Waals surface area (Å²) in [4.78, 5) is 2.43. The van der Waals surface area contributed by atoms with E-state index in [0.29, 0.717) is 0 Å². The first-order valence-corrected chi connectivity index (χ1v) is 17.4. The summed E-state index contributed by atoms with van der Waals surface area (Å²) in [6, 6.07) is 63.2. The van der Waals surface area contributed by atoms with Crippen molar-refractivity contribution in [3.63, 3.8) is 0 Å². The van der Waals surface area contributed by atoms with Crippen molar-refractivity contribution in [3.8, 4) is 22.3 Å². The minimum atomic E-state index is 0.873. The molecule has 3 heteroatoms. The zero-order chi connectivity index (χ0) is 32.3. The van der Waals surface area contributed by atoms with Crippen LogP contribution < -0.4 is 4.90 Å². The Kier molecular flexibility index (Phi) is 6.39. The SMILES string of the molecule is c1cc(-c2cccc3ccccc23)cc(N(c2ccccc2-c2cccc3sc4ccccc4c23)c2cccc3oc4ccccc4c23)c1. The maximum atomic E-state index is 6.44. The van der Waals surface area contributed by atoms with Crippen LogP contribution in [0.25, 0.3) is 75.1 Å². The second kappa shape index (κ2) is 11.2. The van der Waals surface area contributed by atoms with E-state index >= 15 is 0 Å². The molecule has 0 aliphatic heterocycles. The van der Waals surface area contributed by atoms with E-state index in [1.165, 1.54) is 53.2 Å². The first-order chi connectivity index (χ1) is 24.3. The van der Waals surface area contributed by atoms with Crippen LogP contribution >= 0.6 is 11.3 Å². The lowest BCUT2D eigenvalue weighted by Gasteiger charge is -2.29. The molecule has 0 bridgehead atoms. The molecule has 0 saturated heterocycles.